The van der Waals surface area contributed by atoms with Gasteiger partial charge in [-0.3, -0.25) is 14.6 Å². The lowest BCUT2D eigenvalue weighted by molar-refractivity contribution is -0.122. The number of rotatable bonds is 9. The van der Waals surface area contributed by atoms with Gasteiger partial charge in [0.25, 0.3) is 0 Å². The molecule has 0 saturated carbocycles. The van der Waals surface area contributed by atoms with Gasteiger partial charge in [-0.25, -0.2) is 0 Å². The van der Waals surface area contributed by atoms with Gasteiger partial charge in [0.2, 0.25) is 5.91 Å². The summed E-state index contributed by atoms with van der Waals surface area (Å²) in [6.07, 6.45) is 0.633. The Bertz CT molecular complexity index is 812. The minimum atomic E-state index is -2.83. The van der Waals surface area contributed by atoms with E-state index in [1.807, 2.05) is 18.2 Å². The van der Waals surface area contributed by atoms with Crippen LogP contribution in [-0.2, 0) is 17.8 Å². The van der Waals surface area contributed by atoms with Crippen molar-refractivity contribution >= 4 is 17.5 Å². The zero-order valence-corrected chi connectivity index (χ0v) is 17.5. The van der Waals surface area contributed by atoms with E-state index in [-0.39, 0.29) is 11.7 Å². The van der Waals surface area contributed by atoms with Crippen LogP contribution in [-0.4, -0.2) is 61.6 Å². The van der Waals surface area contributed by atoms with Gasteiger partial charge in [-0.2, -0.15) is 8.78 Å². The van der Waals surface area contributed by atoms with Crippen LogP contribution in [0.5, 0.6) is 5.75 Å². The Morgan fingerprint density at radius 3 is 2.40 bits per heavy atom. The molecule has 1 aliphatic rings. The van der Waals surface area contributed by atoms with Gasteiger partial charge in [-0.05, 0) is 41.8 Å². The van der Waals surface area contributed by atoms with Crippen molar-refractivity contribution in [2.75, 3.05) is 39.3 Å². The molecule has 0 atom stereocenters. The number of halogens is 3. The normalized spacial score (nSPS) is 15.3. The van der Waals surface area contributed by atoms with E-state index in [1.54, 1.807) is 12.1 Å². The highest BCUT2D eigenvalue weighted by Crippen LogP contribution is 2.15. The largest absolute Gasteiger partial charge is 0.435 e. The van der Waals surface area contributed by atoms with Crippen LogP contribution in [0, 0.1) is 0 Å². The molecule has 1 fully saturated rings. The van der Waals surface area contributed by atoms with Crippen molar-refractivity contribution in [1.82, 2.24) is 15.1 Å². The smallest absolute Gasteiger partial charge is 0.387 e. The molecule has 162 valence electrons. The summed E-state index contributed by atoms with van der Waals surface area (Å²) in [4.78, 5) is 16.7. The zero-order chi connectivity index (χ0) is 21.3. The fraction of sp³-hybridized carbons (Fsp3) is 0.409. The molecule has 1 heterocycles. The number of nitrogens with zero attached hydrogens (tertiary/aromatic N) is 2. The second-order valence-electron chi connectivity index (χ2n) is 7.30. The lowest BCUT2D eigenvalue weighted by Gasteiger charge is -2.34. The third-order valence-corrected chi connectivity index (χ3v) is 5.25. The SMILES string of the molecule is O=C(CN1CCN(Cc2cccc(Cl)c2)CC1)NCCc1ccc(OC(F)F)cc1. The Balaban J connectivity index is 1.32. The Labute approximate surface area is 180 Å². The molecule has 1 aliphatic heterocycles. The van der Waals surface area contributed by atoms with Gasteiger partial charge in [0.1, 0.15) is 5.75 Å². The molecule has 0 radical (unpaired) electrons. The average molecular weight is 438 g/mol. The number of nitrogens with one attached hydrogen (secondary N) is 1. The predicted molar refractivity (Wildman–Crippen MR) is 113 cm³/mol. The topological polar surface area (TPSA) is 44.8 Å². The molecule has 5 nitrogen and oxygen atoms in total. The fourth-order valence-corrected chi connectivity index (χ4v) is 3.65. The summed E-state index contributed by atoms with van der Waals surface area (Å²) in [5, 5.41) is 3.67. The van der Waals surface area contributed by atoms with Crippen LogP contribution in [0.3, 0.4) is 0 Å². The Kier molecular flexibility index (Phi) is 8.42. The van der Waals surface area contributed by atoms with E-state index in [4.69, 9.17) is 11.6 Å². The molecule has 0 aromatic heterocycles. The standard InChI is InChI=1S/C22H26ClF2N3O2/c23-19-3-1-2-18(14-19)15-27-10-12-28(13-11-27)16-21(29)26-9-8-17-4-6-20(7-5-17)30-22(24)25/h1-7,14,22H,8-13,15-16H2,(H,26,29). The average Bonchev–Trinajstić information content (AvgIpc) is 2.70. The summed E-state index contributed by atoms with van der Waals surface area (Å²) in [6, 6.07) is 14.4. The van der Waals surface area contributed by atoms with E-state index in [0.29, 0.717) is 19.5 Å². The summed E-state index contributed by atoms with van der Waals surface area (Å²) in [7, 11) is 0. The summed E-state index contributed by atoms with van der Waals surface area (Å²) in [5.41, 5.74) is 2.15. The number of alkyl halides is 2. The highest BCUT2D eigenvalue weighted by atomic mass is 35.5. The van der Waals surface area contributed by atoms with Crippen LogP contribution in [0.4, 0.5) is 8.78 Å². The van der Waals surface area contributed by atoms with Crippen LogP contribution in [0.2, 0.25) is 5.02 Å². The third kappa shape index (κ3) is 7.55. The minimum absolute atomic E-state index is 0.00375. The molecule has 2 aromatic carbocycles. The highest BCUT2D eigenvalue weighted by Gasteiger charge is 2.19. The second kappa shape index (κ2) is 11.2. The third-order valence-electron chi connectivity index (χ3n) is 5.01. The quantitative estimate of drug-likeness (QED) is 0.653. The molecule has 1 N–H and O–H groups in total. The summed E-state index contributed by atoms with van der Waals surface area (Å²) >= 11 is 6.04. The van der Waals surface area contributed by atoms with E-state index in [9.17, 15) is 13.6 Å². The number of benzene rings is 2. The number of carbonyl (C=O) groups is 1. The van der Waals surface area contributed by atoms with Crippen LogP contribution < -0.4 is 10.1 Å². The summed E-state index contributed by atoms with van der Waals surface area (Å²) in [5.74, 6) is 0.128. The van der Waals surface area contributed by atoms with Gasteiger partial charge in [-0.1, -0.05) is 35.9 Å². The summed E-state index contributed by atoms with van der Waals surface area (Å²) in [6.45, 7) is 2.43. The molecule has 1 saturated heterocycles. The first-order chi connectivity index (χ1) is 14.5. The van der Waals surface area contributed by atoms with Crippen LogP contribution in [0.15, 0.2) is 48.5 Å². The maximum absolute atomic E-state index is 12.2. The monoisotopic (exact) mass is 437 g/mol. The Hall–Kier alpha value is -2.22. The first-order valence-corrected chi connectivity index (χ1v) is 10.4. The van der Waals surface area contributed by atoms with E-state index in [2.05, 4.69) is 25.9 Å². The van der Waals surface area contributed by atoms with Crippen molar-refractivity contribution in [3.63, 3.8) is 0 Å². The van der Waals surface area contributed by atoms with E-state index in [1.165, 1.54) is 17.7 Å². The second-order valence-corrected chi connectivity index (χ2v) is 7.74. The van der Waals surface area contributed by atoms with Gasteiger partial charge in [0.05, 0.1) is 6.54 Å². The van der Waals surface area contributed by atoms with Crippen molar-refractivity contribution in [2.24, 2.45) is 0 Å². The van der Waals surface area contributed by atoms with Crippen molar-refractivity contribution < 1.29 is 18.3 Å². The molecule has 1 amide bonds. The predicted octanol–water partition coefficient (Wildman–Crippen LogP) is 3.42. The van der Waals surface area contributed by atoms with Crippen LogP contribution in [0.1, 0.15) is 11.1 Å². The van der Waals surface area contributed by atoms with Gasteiger partial charge in [-0.15, -0.1) is 0 Å². The number of hydrogen-bond donors (Lipinski definition) is 1. The minimum Gasteiger partial charge on any atom is -0.435 e. The fourth-order valence-electron chi connectivity index (χ4n) is 3.44. The molecule has 0 unspecified atom stereocenters. The van der Waals surface area contributed by atoms with Gasteiger partial charge < -0.3 is 10.1 Å². The first-order valence-electron chi connectivity index (χ1n) is 9.97. The summed E-state index contributed by atoms with van der Waals surface area (Å²) < 4.78 is 28.6. The number of carbonyl (C=O) groups excluding carboxylic acids is 1. The lowest BCUT2D eigenvalue weighted by atomic mass is 10.1. The Morgan fingerprint density at radius 2 is 1.73 bits per heavy atom. The van der Waals surface area contributed by atoms with E-state index >= 15 is 0 Å². The maximum atomic E-state index is 12.2. The van der Waals surface area contributed by atoms with Crippen LogP contribution >= 0.6 is 11.6 Å². The van der Waals surface area contributed by atoms with E-state index < -0.39 is 6.61 Å². The van der Waals surface area contributed by atoms with Crippen molar-refractivity contribution in [3.8, 4) is 5.75 Å². The number of amides is 1. The molecule has 3 rings (SSSR count). The van der Waals surface area contributed by atoms with Crippen LogP contribution in [0.25, 0.3) is 0 Å². The molecular formula is C22H26ClF2N3O2. The molecule has 2 aromatic rings. The van der Waals surface area contributed by atoms with E-state index in [0.717, 1.165) is 43.3 Å². The van der Waals surface area contributed by atoms with Crippen molar-refractivity contribution in [2.45, 2.75) is 19.6 Å². The van der Waals surface area contributed by atoms with Gasteiger partial charge >= 0.3 is 6.61 Å². The number of piperazine rings is 1. The molecular weight excluding hydrogens is 412 g/mol. The Morgan fingerprint density at radius 1 is 1.03 bits per heavy atom. The van der Waals surface area contributed by atoms with Gasteiger partial charge in [0, 0.05) is 44.3 Å². The maximum Gasteiger partial charge on any atom is 0.387 e. The highest BCUT2D eigenvalue weighted by molar-refractivity contribution is 6.30. The van der Waals surface area contributed by atoms with Crippen molar-refractivity contribution in [1.29, 1.82) is 0 Å². The molecule has 0 bridgehead atoms. The van der Waals surface area contributed by atoms with Gasteiger partial charge in [0.15, 0.2) is 0 Å². The van der Waals surface area contributed by atoms with Crippen molar-refractivity contribution in [3.05, 3.63) is 64.7 Å². The molecule has 30 heavy (non-hydrogen) atoms. The molecule has 8 heteroatoms. The number of hydrogen-bond acceptors (Lipinski definition) is 4. The first kappa shape index (κ1) is 22.5. The molecule has 0 aliphatic carbocycles. The number of ether oxygens (including phenoxy) is 1. The molecule has 0 spiro atoms. The lowest BCUT2D eigenvalue weighted by Crippen LogP contribution is -2.49. The zero-order valence-electron chi connectivity index (χ0n) is 16.7.